The van der Waals surface area contributed by atoms with Gasteiger partial charge in [-0.3, -0.25) is 0 Å². The summed E-state index contributed by atoms with van der Waals surface area (Å²) in [6, 6.07) is 13.3. The van der Waals surface area contributed by atoms with Crippen molar-refractivity contribution in [2.75, 3.05) is 13.2 Å². The third kappa shape index (κ3) is 5.20. The van der Waals surface area contributed by atoms with E-state index < -0.39 is 11.9 Å². The first-order valence-electron chi connectivity index (χ1n) is 10.5. The summed E-state index contributed by atoms with van der Waals surface area (Å²) in [5.41, 5.74) is 1.06. The molecule has 2 aromatic carbocycles. The van der Waals surface area contributed by atoms with Crippen LogP contribution in [0.25, 0.3) is 6.08 Å². The predicted octanol–water partition coefficient (Wildman–Crippen LogP) is 5.40. The van der Waals surface area contributed by atoms with Gasteiger partial charge < -0.3 is 23.4 Å². The zero-order valence-corrected chi connectivity index (χ0v) is 20.0. The van der Waals surface area contributed by atoms with Crippen LogP contribution in [0.4, 0.5) is 0 Å². The van der Waals surface area contributed by atoms with Crippen LogP contribution in [0, 0.1) is 0 Å². The average molecular weight is 526 g/mol. The van der Waals surface area contributed by atoms with E-state index in [0.717, 1.165) is 4.47 Å². The number of nitrogens with zero attached hydrogens (tertiary/aromatic N) is 1. The number of furan rings is 1. The molecule has 0 saturated heterocycles. The minimum atomic E-state index is -0.664. The highest BCUT2D eigenvalue weighted by Crippen LogP contribution is 2.32. The van der Waals surface area contributed by atoms with E-state index in [1.165, 1.54) is 18.4 Å². The minimum Gasteiger partial charge on any atom is -0.490 e. The molecule has 0 N–H and O–H groups in total. The van der Waals surface area contributed by atoms with E-state index in [9.17, 15) is 9.59 Å². The number of hydrogen-bond acceptors (Lipinski definition) is 8. The molecule has 1 aliphatic rings. The largest absolute Gasteiger partial charge is 0.490 e. The van der Waals surface area contributed by atoms with Gasteiger partial charge in [-0.15, -0.1) is 0 Å². The lowest BCUT2D eigenvalue weighted by Crippen LogP contribution is -2.08. The molecule has 34 heavy (non-hydrogen) atoms. The first-order chi connectivity index (χ1) is 16.5. The monoisotopic (exact) mass is 525 g/mol. The third-order valence-electron chi connectivity index (χ3n) is 4.60. The Morgan fingerprint density at radius 3 is 2.53 bits per heavy atom. The Bertz CT molecular complexity index is 1280. The Morgan fingerprint density at radius 2 is 1.79 bits per heavy atom. The molecule has 0 amide bonds. The van der Waals surface area contributed by atoms with Crippen molar-refractivity contribution in [2.45, 2.75) is 13.8 Å². The lowest BCUT2D eigenvalue weighted by molar-refractivity contribution is -0.129. The molecule has 0 bridgehead atoms. The van der Waals surface area contributed by atoms with Crippen molar-refractivity contribution in [1.82, 2.24) is 0 Å². The fourth-order valence-corrected chi connectivity index (χ4v) is 3.51. The number of halogens is 1. The van der Waals surface area contributed by atoms with Crippen LogP contribution in [-0.2, 0) is 9.53 Å². The van der Waals surface area contributed by atoms with E-state index in [2.05, 4.69) is 20.9 Å². The molecule has 174 valence electrons. The van der Waals surface area contributed by atoms with Crippen molar-refractivity contribution in [2.24, 2.45) is 4.99 Å². The molecule has 8 nitrogen and oxygen atoms in total. The quantitative estimate of drug-likeness (QED) is 0.220. The first-order valence-corrected chi connectivity index (χ1v) is 11.3. The van der Waals surface area contributed by atoms with Crippen molar-refractivity contribution in [3.05, 3.63) is 81.9 Å². The summed E-state index contributed by atoms with van der Waals surface area (Å²) in [6.45, 7) is 4.68. The average Bonchev–Trinajstić information content (AvgIpc) is 3.48. The first kappa shape index (κ1) is 23.3. The second-order valence-corrected chi connectivity index (χ2v) is 7.83. The SMILES string of the molecule is CCOc1ccc(C2=N/C(=C\c3cc(Br)ccc3OC(=O)c3ccco3)C(=O)O2)cc1OCC. The van der Waals surface area contributed by atoms with Crippen molar-refractivity contribution < 1.29 is 33.0 Å². The molecule has 4 rings (SSSR count). The van der Waals surface area contributed by atoms with Crippen LogP contribution in [0.2, 0.25) is 0 Å². The number of ether oxygens (including phenoxy) is 4. The van der Waals surface area contributed by atoms with E-state index in [4.69, 9.17) is 23.4 Å². The Morgan fingerprint density at radius 1 is 1.03 bits per heavy atom. The summed E-state index contributed by atoms with van der Waals surface area (Å²) in [7, 11) is 0. The van der Waals surface area contributed by atoms with Crippen molar-refractivity contribution in [1.29, 1.82) is 0 Å². The van der Waals surface area contributed by atoms with Gasteiger partial charge in [0.05, 0.1) is 19.5 Å². The topological polar surface area (TPSA) is 96.6 Å². The van der Waals surface area contributed by atoms with Crippen LogP contribution in [0.5, 0.6) is 17.2 Å². The van der Waals surface area contributed by atoms with E-state index in [1.807, 2.05) is 13.8 Å². The number of aliphatic imine (C=N–C) groups is 1. The van der Waals surface area contributed by atoms with E-state index >= 15 is 0 Å². The summed E-state index contributed by atoms with van der Waals surface area (Å²) in [5.74, 6) is 0.233. The second-order valence-electron chi connectivity index (χ2n) is 6.91. The second kappa shape index (κ2) is 10.4. The van der Waals surface area contributed by atoms with Crippen LogP contribution >= 0.6 is 15.9 Å². The van der Waals surface area contributed by atoms with Gasteiger partial charge in [-0.1, -0.05) is 15.9 Å². The number of carbonyl (C=O) groups is 2. The van der Waals surface area contributed by atoms with E-state index in [0.29, 0.717) is 35.8 Å². The molecule has 0 saturated carbocycles. The Hall–Kier alpha value is -3.85. The van der Waals surface area contributed by atoms with Gasteiger partial charge in [-0.05, 0) is 68.5 Å². The summed E-state index contributed by atoms with van der Waals surface area (Å²) < 4.78 is 27.9. The van der Waals surface area contributed by atoms with Crippen molar-refractivity contribution >= 4 is 39.8 Å². The van der Waals surface area contributed by atoms with Crippen LogP contribution in [0.15, 0.2) is 74.4 Å². The molecule has 0 atom stereocenters. The number of esters is 2. The maximum Gasteiger partial charge on any atom is 0.379 e. The van der Waals surface area contributed by atoms with Crippen LogP contribution in [0.1, 0.15) is 35.5 Å². The van der Waals surface area contributed by atoms with E-state index in [-0.39, 0.29) is 23.1 Å². The van der Waals surface area contributed by atoms with Gasteiger partial charge in [-0.2, -0.15) is 0 Å². The van der Waals surface area contributed by atoms with Crippen molar-refractivity contribution in [3.8, 4) is 17.2 Å². The minimum absolute atomic E-state index is 0.0512. The Balaban J connectivity index is 1.65. The van der Waals surface area contributed by atoms with Crippen molar-refractivity contribution in [3.63, 3.8) is 0 Å². The normalized spacial score (nSPS) is 14.0. The molecule has 0 spiro atoms. The molecule has 3 aromatic rings. The number of cyclic esters (lactones) is 1. The number of hydrogen-bond donors (Lipinski definition) is 0. The lowest BCUT2D eigenvalue weighted by atomic mass is 10.1. The standard InChI is InChI=1S/C25H20BrNO7/c1-3-30-20-9-7-15(14-22(20)31-4-2)23-27-18(24(28)34-23)13-16-12-17(26)8-10-19(16)33-25(29)21-6-5-11-32-21/h5-14H,3-4H2,1-2H3/b18-13-. The number of rotatable bonds is 8. The van der Waals surface area contributed by atoms with Crippen LogP contribution < -0.4 is 14.2 Å². The number of benzene rings is 2. The van der Waals surface area contributed by atoms with Crippen LogP contribution in [0.3, 0.4) is 0 Å². The predicted molar refractivity (Wildman–Crippen MR) is 127 cm³/mol. The molecular weight excluding hydrogens is 506 g/mol. The van der Waals surface area contributed by atoms with Gasteiger partial charge >= 0.3 is 11.9 Å². The molecule has 1 aliphatic heterocycles. The van der Waals surface area contributed by atoms with Gasteiger partial charge in [0.1, 0.15) is 5.75 Å². The molecular formula is C25H20BrNO7. The summed E-state index contributed by atoms with van der Waals surface area (Å²) >= 11 is 3.39. The molecule has 0 fully saturated rings. The van der Waals surface area contributed by atoms with Gasteiger partial charge in [0.25, 0.3) is 0 Å². The van der Waals surface area contributed by atoms with Gasteiger partial charge in [0.2, 0.25) is 11.7 Å². The van der Waals surface area contributed by atoms with Crippen LogP contribution in [-0.4, -0.2) is 31.1 Å². The third-order valence-corrected chi connectivity index (χ3v) is 5.09. The van der Waals surface area contributed by atoms with Gasteiger partial charge in [0.15, 0.2) is 17.2 Å². The summed E-state index contributed by atoms with van der Waals surface area (Å²) in [4.78, 5) is 29.2. The maximum atomic E-state index is 12.6. The van der Waals surface area contributed by atoms with Gasteiger partial charge in [-0.25, -0.2) is 14.6 Å². The molecule has 0 aliphatic carbocycles. The molecule has 0 unspecified atom stereocenters. The van der Waals surface area contributed by atoms with E-state index in [1.54, 1.807) is 42.5 Å². The Kier molecular flexibility index (Phi) is 7.12. The highest BCUT2D eigenvalue weighted by molar-refractivity contribution is 9.10. The molecule has 1 aromatic heterocycles. The molecule has 2 heterocycles. The zero-order valence-electron chi connectivity index (χ0n) is 18.4. The molecule has 9 heteroatoms. The summed E-state index contributed by atoms with van der Waals surface area (Å²) in [5, 5.41) is 0. The maximum absolute atomic E-state index is 12.6. The number of carbonyl (C=O) groups excluding carboxylic acids is 2. The molecule has 0 radical (unpaired) electrons. The van der Waals surface area contributed by atoms with Gasteiger partial charge in [0, 0.05) is 15.6 Å². The highest BCUT2D eigenvalue weighted by atomic mass is 79.9. The Labute approximate surface area is 203 Å². The lowest BCUT2D eigenvalue weighted by Gasteiger charge is -2.11. The fourth-order valence-electron chi connectivity index (χ4n) is 3.13. The fraction of sp³-hybridized carbons (Fsp3) is 0.160. The zero-order chi connectivity index (χ0) is 24.1. The smallest absolute Gasteiger partial charge is 0.379 e. The highest BCUT2D eigenvalue weighted by Gasteiger charge is 2.26. The summed E-state index contributed by atoms with van der Waals surface area (Å²) in [6.07, 6.45) is 2.87.